The number of pyridine rings is 1. The van der Waals surface area contributed by atoms with Crippen molar-refractivity contribution in [3.8, 4) is 22.3 Å². The molecule has 20 aromatic rings. The minimum atomic E-state index is 0.962. The summed E-state index contributed by atoms with van der Waals surface area (Å²) >= 11 is 0. The molecule has 0 saturated carbocycles. The van der Waals surface area contributed by atoms with Gasteiger partial charge in [-0.3, -0.25) is 15.0 Å². The molecule has 0 atom stereocenters. The summed E-state index contributed by atoms with van der Waals surface area (Å²) in [5.41, 5.74) is 15.9. The van der Waals surface area contributed by atoms with Gasteiger partial charge in [0.15, 0.2) is 0 Å². The standard InChI is InChI=1S/C17H12.C13H10.C12H9N.C12H8O.C10H8.C6H6.C5H5N.3C4H4N2.C4H5N.C3H3N3/c1-3-7-15-12(5-1)9-10-14-11-13-6-2-4-8-16(13)17(14)15;1-3-7-12-10(5-1)9-11-6-2-4-8-13(11)12;2*1-3-7-11-9(5-1)10-6-2-4-8-12(10)13-11;1-2-6-10-8-4-3-7-9(10)5-1;2*1-2-4-6-5-3-1;1-2-6-4-3-5-1;1-2-5-4-6-3-1;1-2-4-6-5-3-1;1-2-4-5-3-1;1-4-2-6-3-5-1/h1-10H,11H2;1-8H,9H2;1-8,13H;1-8H;1-8H;1-6H;1-5H;3*1-4H;1-5H;1-3H. The van der Waals surface area contributed by atoms with Gasteiger partial charge in [0.1, 0.15) is 36.5 Å². The molecule has 0 amide bonds. The molecule has 13 nitrogen and oxygen atoms in total. The summed E-state index contributed by atoms with van der Waals surface area (Å²) in [5, 5.41) is 17.4. The van der Waals surface area contributed by atoms with Crippen molar-refractivity contribution >= 4 is 65.3 Å². The van der Waals surface area contributed by atoms with Gasteiger partial charge in [-0.2, -0.15) is 10.2 Å². The van der Waals surface area contributed by atoms with Crippen LogP contribution in [0.15, 0.2) is 444 Å². The summed E-state index contributed by atoms with van der Waals surface area (Å²) in [6.07, 6.45) is 28.5. The molecule has 12 aromatic carbocycles. The average molecular weight is 1390 g/mol. The minimum Gasteiger partial charge on any atom is -0.456 e. The molecular weight excluding hydrogens is 1310 g/mol. The van der Waals surface area contributed by atoms with Gasteiger partial charge in [-0.1, -0.05) is 273 Å². The van der Waals surface area contributed by atoms with Crippen LogP contribution in [0.1, 0.15) is 22.3 Å². The SMILES string of the molecule is c1cc[nH]c1.c1ccc2c(c1)Cc1ccc3ccccc3c1-2.c1ccc2c(c1)Cc1ccccc1-2.c1ccc2c(c1)[nH]c1ccccc12.c1ccc2c(c1)oc1ccccc12.c1ccc2ccccc2c1.c1ccccc1.c1ccncc1.c1ccnnc1.c1cnccn1.c1cncnc1.c1ncncn1. The maximum absolute atomic E-state index is 5.65. The molecule has 2 aliphatic rings. The highest BCUT2D eigenvalue weighted by Gasteiger charge is 2.20. The second kappa shape index (κ2) is 42.6. The molecule has 13 heteroatoms. The maximum atomic E-state index is 5.65. The zero-order valence-electron chi connectivity index (χ0n) is 58.9. The summed E-state index contributed by atoms with van der Waals surface area (Å²) < 4.78 is 5.65. The Morgan fingerprint density at radius 2 is 0.579 bits per heavy atom. The monoisotopic (exact) mass is 1390 g/mol. The van der Waals surface area contributed by atoms with Gasteiger partial charge in [-0.15, -0.1) is 0 Å². The van der Waals surface area contributed by atoms with Crippen LogP contribution in [0.4, 0.5) is 0 Å². The lowest BCUT2D eigenvalue weighted by Gasteiger charge is -2.06. The largest absolute Gasteiger partial charge is 0.456 e. The number of fused-ring (bicyclic) bond motifs is 15. The van der Waals surface area contributed by atoms with Gasteiger partial charge in [0.05, 0.1) is 0 Å². The number of aromatic nitrogens is 12. The lowest BCUT2D eigenvalue weighted by Crippen LogP contribution is -1.81. The van der Waals surface area contributed by atoms with Crippen molar-refractivity contribution in [3.63, 3.8) is 0 Å². The van der Waals surface area contributed by atoms with Crippen molar-refractivity contribution in [3.05, 3.63) is 462 Å². The zero-order chi connectivity index (χ0) is 73.1. The third kappa shape index (κ3) is 23.2. The Kier molecular flexibility index (Phi) is 29.4. The number of nitrogens with zero attached hydrogens (tertiary/aromatic N) is 10. The van der Waals surface area contributed by atoms with E-state index in [0.717, 1.165) is 24.0 Å². The molecule has 8 aromatic heterocycles. The second-order valence-electron chi connectivity index (χ2n) is 23.4. The number of benzene rings is 12. The first-order valence-electron chi connectivity index (χ1n) is 34.8. The maximum Gasteiger partial charge on any atom is 0.135 e. The number of hydrogen-bond donors (Lipinski definition) is 2. The van der Waals surface area contributed by atoms with E-state index < -0.39 is 0 Å². The molecule has 2 aliphatic carbocycles. The summed E-state index contributed by atoms with van der Waals surface area (Å²) in [6, 6.07) is 116. The van der Waals surface area contributed by atoms with E-state index in [1.165, 1.54) is 124 Å². The summed E-state index contributed by atoms with van der Waals surface area (Å²) in [5.74, 6) is 0. The van der Waals surface area contributed by atoms with Crippen LogP contribution < -0.4 is 0 Å². The van der Waals surface area contributed by atoms with Crippen molar-refractivity contribution in [1.82, 2.24) is 60.0 Å². The molecule has 520 valence electrons. The van der Waals surface area contributed by atoms with E-state index in [4.69, 9.17) is 4.42 Å². The van der Waals surface area contributed by atoms with E-state index in [1.807, 2.05) is 128 Å². The topological polar surface area (TPSA) is 174 Å². The van der Waals surface area contributed by atoms with Crippen LogP contribution in [0, 0.1) is 0 Å². The van der Waals surface area contributed by atoms with Gasteiger partial charge in [0.2, 0.25) is 0 Å². The van der Waals surface area contributed by atoms with Gasteiger partial charge < -0.3 is 14.4 Å². The normalized spacial score (nSPS) is 10.2. The number of H-pyrrole nitrogens is 2. The Hall–Kier alpha value is -14.6. The molecule has 0 spiro atoms. The number of rotatable bonds is 0. The van der Waals surface area contributed by atoms with E-state index in [9.17, 15) is 0 Å². The lowest BCUT2D eigenvalue weighted by atomic mass is 9.98. The van der Waals surface area contributed by atoms with Crippen LogP contribution in [-0.4, -0.2) is 60.0 Å². The third-order valence-electron chi connectivity index (χ3n) is 16.3. The number of nitrogens with one attached hydrogen (secondary N) is 2. The van der Waals surface area contributed by atoms with Crippen LogP contribution >= 0.6 is 0 Å². The summed E-state index contributed by atoms with van der Waals surface area (Å²) in [7, 11) is 0. The summed E-state index contributed by atoms with van der Waals surface area (Å²) in [4.78, 5) is 35.5. The average Bonchev–Trinajstić information content (AvgIpc) is 1.65. The molecule has 0 saturated heterocycles. The van der Waals surface area contributed by atoms with Crippen LogP contribution in [0.5, 0.6) is 0 Å². The van der Waals surface area contributed by atoms with Crippen molar-refractivity contribution in [2.75, 3.05) is 0 Å². The number of aromatic amines is 2. The Balaban J connectivity index is 0.000000119. The third-order valence-corrected chi connectivity index (χ3v) is 16.3. The highest BCUT2D eigenvalue weighted by Crippen LogP contribution is 2.41. The van der Waals surface area contributed by atoms with Crippen LogP contribution in [0.2, 0.25) is 0 Å². The fourth-order valence-corrected chi connectivity index (χ4v) is 11.5. The van der Waals surface area contributed by atoms with Gasteiger partial charge in [-0.05, 0) is 146 Å². The van der Waals surface area contributed by atoms with E-state index in [2.05, 4.69) is 278 Å². The summed E-state index contributed by atoms with van der Waals surface area (Å²) in [6.45, 7) is 0. The van der Waals surface area contributed by atoms with Crippen molar-refractivity contribution < 1.29 is 4.42 Å². The van der Waals surface area contributed by atoms with Crippen LogP contribution in [-0.2, 0) is 12.8 Å². The van der Waals surface area contributed by atoms with Crippen LogP contribution in [0.25, 0.3) is 87.5 Å². The molecule has 0 aliphatic heterocycles. The predicted molar refractivity (Wildman–Crippen MR) is 438 cm³/mol. The molecular formula is C94H78N12O. The van der Waals surface area contributed by atoms with E-state index in [-0.39, 0.29) is 0 Å². The molecule has 0 radical (unpaired) electrons. The minimum absolute atomic E-state index is 0.962. The highest BCUT2D eigenvalue weighted by molar-refractivity contribution is 6.07. The van der Waals surface area contributed by atoms with Gasteiger partial charge >= 0.3 is 0 Å². The Morgan fingerprint density at radius 3 is 0.972 bits per heavy atom. The Bertz CT molecular complexity index is 5010. The molecule has 0 bridgehead atoms. The van der Waals surface area contributed by atoms with E-state index in [0.29, 0.717) is 0 Å². The number of para-hydroxylation sites is 4. The molecule has 22 rings (SSSR count). The van der Waals surface area contributed by atoms with Crippen molar-refractivity contribution in [2.24, 2.45) is 0 Å². The Labute approximate surface area is 622 Å². The number of hydrogen-bond acceptors (Lipinski definition) is 11. The Morgan fingerprint density at radius 1 is 0.224 bits per heavy atom. The molecule has 8 heterocycles. The fourth-order valence-electron chi connectivity index (χ4n) is 11.5. The first-order valence-corrected chi connectivity index (χ1v) is 34.8. The van der Waals surface area contributed by atoms with Gasteiger partial charge in [-0.25, -0.2) is 24.9 Å². The number of furan rings is 1. The second-order valence-corrected chi connectivity index (χ2v) is 23.4. The van der Waals surface area contributed by atoms with Gasteiger partial charge in [0.25, 0.3) is 0 Å². The molecule has 2 N–H and O–H groups in total. The smallest absolute Gasteiger partial charge is 0.135 e. The highest BCUT2D eigenvalue weighted by atomic mass is 16.3. The van der Waals surface area contributed by atoms with Crippen LogP contribution in [0.3, 0.4) is 0 Å². The molecule has 0 unspecified atom stereocenters. The van der Waals surface area contributed by atoms with Crippen molar-refractivity contribution in [2.45, 2.75) is 12.8 Å². The van der Waals surface area contributed by atoms with Crippen molar-refractivity contribution in [1.29, 1.82) is 0 Å². The first-order chi connectivity index (χ1) is 53.2. The fraction of sp³-hybridized carbons (Fsp3) is 0.0213. The van der Waals surface area contributed by atoms with E-state index in [1.54, 1.807) is 68.0 Å². The molecule has 0 fully saturated rings. The lowest BCUT2D eigenvalue weighted by molar-refractivity contribution is 0.669. The molecule has 107 heavy (non-hydrogen) atoms. The zero-order valence-corrected chi connectivity index (χ0v) is 58.9. The van der Waals surface area contributed by atoms with E-state index >= 15 is 0 Å². The first kappa shape index (κ1) is 73.7. The van der Waals surface area contributed by atoms with Gasteiger partial charge in [0, 0.05) is 107 Å². The quantitative estimate of drug-likeness (QED) is 0.148. The predicted octanol–water partition coefficient (Wildman–Crippen LogP) is 22.5.